The fraction of sp³-hybridized carbons (Fsp3) is 0.240. The molecule has 2 aliphatic heterocycles. The zero-order valence-electron chi connectivity index (χ0n) is 18.0. The number of nitrogens with zero attached hydrogens (tertiary/aromatic N) is 2. The van der Waals surface area contributed by atoms with Gasteiger partial charge in [0.2, 0.25) is 6.23 Å². The minimum absolute atomic E-state index is 0.0252. The topological polar surface area (TPSA) is 52.5 Å². The Morgan fingerprint density at radius 1 is 0.875 bits per heavy atom. The minimum Gasteiger partial charge on any atom is -0.496 e. The summed E-state index contributed by atoms with van der Waals surface area (Å²) in [6.45, 7) is 0. The summed E-state index contributed by atoms with van der Waals surface area (Å²) >= 11 is 0. The maximum absolute atomic E-state index is 13.5. The van der Waals surface area contributed by atoms with Crippen molar-refractivity contribution in [3.8, 4) is 23.0 Å². The van der Waals surface area contributed by atoms with E-state index in [1.807, 2.05) is 29.3 Å². The molecule has 0 saturated heterocycles. The number of benzene rings is 3. The molecule has 0 radical (unpaired) electrons. The lowest BCUT2D eigenvalue weighted by atomic mass is 9.95. The smallest absolute Gasteiger partial charge is 0.217 e. The van der Waals surface area contributed by atoms with Gasteiger partial charge in [-0.3, -0.25) is 0 Å². The number of hydrogen-bond acceptors (Lipinski definition) is 6. The van der Waals surface area contributed by atoms with Crippen molar-refractivity contribution < 1.29 is 23.3 Å². The second-order valence-electron chi connectivity index (χ2n) is 7.61. The van der Waals surface area contributed by atoms with Gasteiger partial charge in [-0.15, -0.1) is 0 Å². The Hall–Kier alpha value is -3.74. The Morgan fingerprint density at radius 2 is 1.56 bits per heavy atom. The Balaban J connectivity index is 1.63. The molecule has 3 aromatic carbocycles. The van der Waals surface area contributed by atoms with Crippen molar-refractivity contribution in [3.63, 3.8) is 0 Å². The Bertz CT molecular complexity index is 1180. The van der Waals surface area contributed by atoms with Crippen molar-refractivity contribution in [1.29, 1.82) is 0 Å². The SMILES string of the molecule is COc1cc(OC)c([C@@H]2Oc3ccccc3[C@@H]3CC(c4ccc(F)cc4)=NN32)cc1OC. The largest absolute Gasteiger partial charge is 0.496 e. The average Bonchev–Trinajstić information content (AvgIpc) is 3.29. The van der Waals surface area contributed by atoms with Crippen LogP contribution in [0.1, 0.15) is 35.4 Å². The second-order valence-corrected chi connectivity index (χ2v) is 7.61. The van der Waals surface area contributed by atoms with Crippen LogP contribution < -0.4 is 18.9 Å². The molecule has 6 nitrogen and oxygen atoms in total. The molecule has 0 bridgehead atoms. The Labute approximate surface area is 185 Å². The first-order valence-electron chi connectivity index (χ1n) is 10.3. The molecular formula is C25H23FN2O4. The van der Waals surface area contributed by atoms with Gasteiger partial charge in [-0.05, 0) is 29.8 Å². The molecule has 2 atom stereocenters. The number of hydrogen-bond donors (Lipinski definition) is 0. The molecule has 0 spiro atoms. The molecule has 0 amide bonds. The molecule has 164 valence electrons. The van der Waals surface area contributed by atoms with Crippen LogP contribution in [0.25, 0.3) is 0 Å². The fourth-order valence-corrected chi connectivity index (χ4v) is 4.30. The highest BCUT2D eigenvalue weighted by Crippen LogP contribution is 2.50. The maximum Gasteiger partial charge on any atom is 0.217 e. The number of halogens is 1. The van der Waals surface area contributed by atoms with Crippen LogP contribution in [0, 0.1) is 5.82 Å². The molecule has 0 saturated carbocycles. The van der Waals surface area contributed by atoms with Crippen LogP contribution >= 0.6 is 0 Å². The van der Waals surface area contributed by atoms with Crippen LogP contribution in [0.2, 0.25) is 0 Å². The summed E-state index contributed by atoms with van der Waals surface area (Å²) in [5.41, 5.74) is 3.59. The number of ether oxygens (including phenoxy) is 4. The summed E-state index contributed by atoms with van der Waals surface area (Å²) in [7, 11) is 4.78. The zero-order chi connectivity index (χ0) is 22.2. The van der Waals surface area contributed by atoms with Crippen molar-refractivity contribution in [2.75, 3.05) is 21.3 Å². The lowest BCUT2D eigenvalue weighted by Crippen LogP contribution is -2.34. The van der Waals surface area contributed by atoms with Gasteiger partial charge >= 0.3 is 0 Å². The molecule has 3 aromatic rings. The van der Waals surface area contributed by atoms with Gasteiger partial charge in [-0.1, -0.05) is 30.3 Å². The minimum atomic E-state index is -0.539. The van der Waals surface area contributed by atoms with Crippen LogP contribution in [-0.2, 0) is 0 Å². The molecule has 0 N–H and O–H groups in total. The molecule has 2 aliphatic rings. The third-order valence-electron chi connectivity index (χ3n) is 5.88. The van der Waals surface area contributed by atoms with Gasteiger partial charge in [-0.2, -0.15) is 5.10 Å². The summed E-state index contributed by atoms with van der Waals surface area (Å²) in [6, 6.07) is 18.0. The molecule has 5 rings (SSSR count). The quantitative estimate of drug-likeness (QED) is 0.560. The molecule has 0 fully saturated rings. The van der Waals surface area contributed by atoms with Gasteiger partial charge in [0, 0.05) is 18.1 Å². The second kappa shape index (κ2) is 8.07. The first kappa shape index (κ1) is 20.2. The highest BCUT2D eigenvalue weighted by atomic mass is 19.1. The van der Waals surface area contributed by atoms with Gasteiger partial charge in [0.15, 0.2) is 11.5 Å². The van der Waals surface area contributed by atoms with E-state index in [0.717, 1.165) is 28.2 Å². The van der Waals surface area contributed by atoms with Crippen molar-refractivity contribution in [2.24, 2.45) is 5.10 Å². The maximum atomic E-state index is 13.5. The standard InChI is InChI=1S/C25H23FN2O4/c1-29-22-14-24(31-3)23(30-2)12-18(22)25-28-20(17-6-4-5-7-21(17)32-25)13-19(27-28)15-8-10-16(26)11-9-15/h4-12,14,20,25H,13H2,1-3H3/t20-,25-/m0/s1. The predicted octanol–water partition coefficient (Wildman–Crippen LogP) is 5.09. The van der Waals surface area contributed by atoms with E-state index in [1.54, 1.807) is 39.5 Å². The summed E-state index contributed by atoms with van der Waals surface area (Å²) < 4.78 is 36.5. The predicted molar refractivity (Wildman–Crippen MR) is 118 cm³/mol. The highest BCUT2D eigenvalue weighted by Gasteiger charge is 2.42. The van der Waals surface area contributed by atoms with Crippen LogP contribution in [-0.4, -0.2) is 32.0 Å². The van der Waals surface area contributed by atoms with Gasteiger partial charge in [0.1, 0.15) is 17.3 Å². The Morgan fingerprint density at radius 3 is 2.28 bits per heavy atom. The first-order chi connectivity index (χ1) is 15.6. The molecule has 0 aromatic heterocycles. The Kier molecular flexibility index (Phi) is 5.09. The van der Waals surface area contributed by atoms with E-state index in [1.165, 1.54) is 12.1 Å². The molecule has 2 heterocycles. The molecule has 0 aliphatic carbocycles. The third kappa shape index (κ3) is 3.30. The van der Waals surface area contributed by atoms with Crippen molar-refractivity contribution in [3.05, 3.63) is 83.2 Å². The van der Waals surface area contributed by atoms with E-state index < -0.39 is 6.23 Å². The van der Waals surface area contributed by atoms with Gasteiger partial charge in [0.25, 0.3) is 0 Å². The lowest BCUT2D eigenvalue weighted by Gasteiger charge is -2.38. The first-order valence-corrected chi connectivity index (χ1v) is 10.3. The lowest BCUT2D eigenvalue weighted by molar-refractivity contribution is -0.0205. The fourth-order valence-electron chi connectivity index (χ4n) is 4.30. The van der Waals surface area contributed by atoms with Gasteiger partial charge < -0.3 is 18.9 Å². The molecule has 32 heavy (non-hydrogen) atoms. The van der Waals surface area contributed by atoms with Crippen molar-refractivity contribution in [1.82, 2.24) is 5.01 Å². The number of rotatable bonds is 5. The van der Waals surface area contributed by atoms with E-state index in [0.29, 0.717) is 23.7 Å². The third-order valence-corrected chi connectivity index (χ3v) is 5.88. The van der Waals surface area contributed by atoms with E-state index in [-0.39, 0.29) is 11.9 Å². The number of fused-ring (bicyclic) bond motifs is 3. The summed E-state index contributed by atoms with van der Waals surface area (Å²) in [4.78, 5) is 0. The van der Waals surface area contributed by atoms with E-state index in [2.05, 4.69) is 6.07 Å². The van der Waals surface area contributed by atoms with Crippen molar-refractivity contribution >= 4 is 5.71 Å². The highest BCUT2D eigenvalue weighted by molar-refractivity contribution is 6.01. The summed E-state index contributed by atoms with van der Waals surface area (Å²) in [5, 5.41) is 6.86. The zero-order valence-corrected chi connectivity index (χ0v) is 18.0. The van der Waals surface area contributed by atoms with E-state index in [9.17, 15) is 4.39 Å². The van der Waals surface area contributed by atoms with Gasteiger partial charge in [-0.25, -0.2) is 9.40 Å². The van der Waals surface area contributed by atoms with E-state index >= 15 is 0 Å². The van der Waals surface area contributed by atoms with Crippen molar-refractivity contribution in [2.45, 2.75) is 18.7 Å². The van der Waals surface area contributed by atoms with Crippen LogP contribution in [0.15, 0.2) is 65.8 Å². The molecule has 0 unspecified atom stereocenters. The number of para-hydroxylation sites is 1. The monoisotopic (exact) mass is 434 g/mol. The van der Waals surface area contributed by atoms with Crippen LogP contribution in [0.5, 0.6) is 23.0 Å². The number of hydrazone groups is 1. The summed E-state index contributed by atoms with van der Waals surface area (Å²) in [5.74, 6) is 2.27. The molecular weight excluding hydrogens is 411 g/mol. The number of methoxy groups -OCH3 is 3. The van der Waals surface area contributed by atoms with Crippen LogP contribution in [0.3, 0.4) is 0 Å². The normalized spacial score (nSPS) is 18.9. The molecule has 7 heteroatoms. The summed E-state index contributed by atoms with van der Waals surface area (Å²) in [6.07, 6.45) is 0.139. The van der Waals surface area contributed by atoms with Crippen LogP contribution in [0.4, 0.5) is 4.39 Å². The van der Waals surface area contributed by atoms with E-state index in [4.69, 9.17) is 24.0 Å². The average molecular weight is 434 g/mol. The van der Waals surface area contributed by atoms with Gasteiger partial charge in [0.05, 0.1) is 38.6 Å².